The van der Waals surface area contributed by atoms with E-state index in [-0.39, 0.29) is 5.91 Å². The van der Waals surface area contributed by atoms with Crippen LogP contribution in [-0.2, 0) is 4.79 Å². The molecule has 6 heteroatoms. The topological polar surface area (TPSA) is 59.0 Å². The highest BCUT2D eigenvalue weighted by atomic mass is 35.5. The quantitative estimate of drug-likeness (QED) is 0.859. The van der Waals surface area contributed by atoms with E-state index in [1.807, 2.05) is 0 Å². The van der Waals surface area contributed by atoms with Gasteiger partial charge < -0.3 is 14.6 Å². The van der Waals surface area contributed by atoms with Crippen molar-refractivity contribution in [3.8, 4) is 11.5 Å². The molecule has 2 aromatic carbocycles. The van der Waals surface area contributed by atoms with Gasteiger partial charge in [0.25, 0.3) is 5.91 Å². The van der Waals surface area contributed by atoms with Crippen LogP contribution in [0.1, 0.15) is 11.7 Å². The SMILES string of the molecule is COc1ccc(N2C(=O)[C@H]3Oc4ccc(Cl)cc4[C@@H](O)[C@H]32)cc1. The number of hydrogen-bond donors (Lipinski definition) is 1. The number of benzene rings is 2. The molecule has 0 radical (unpaired) electrons. The molecule has 2 heterocycles. The smallest absolute Gasteiger partial charge is 0.270 e. The van der Waals surface area contributed by atoms with Crippen LogP contribution in [0.25, 0.3) is 0 Å². The van der Waals surface area contributed by atoms with Crippen molar-refractivity contribution in [2.45, 2.75) is 18.2 Å². The summed E-state index contributed by atoms with van der Waals surface area (Å²) >= 11 is 6.00. The fourth-order valence-corrected chi connectivity index (χ4v) is 3.31. The Morgan fingerprint density at radius 1 is 1.22 bits per heavy atom. The first-order valence-electron chi connectivity index (χ1n) is 7.21. The monoisotopic (exact) mass is 331 g/mol. The summed E-state index contributed by atoms with van der Waals surface area (Å²) in [5.74, 6) is 1.04. The molecule has 2 aliphatic rings. The van der Waals surface area contributed by atoms with Gasteiger partial charge in [-0.25, -0.2) is 0 Å². The summed E-state index contributed by atoms with van der Waals surface area (Å²) in [4.78, 5) is 14.0. The van der Waals surface area contributed by atoms with Gasteiger partial charge in [0.05, 0.1) is 7.11 Å². The average molecular weight is 332 g/mol. The molecule has 1 N–H and O–H groups in total. The first-order valence-corrected chi connectivity index (χ1v) is 7.59. The molecule has 0 spiro atoms. The molecule has 5 nitrogen and oxygen atoms in total. The summed E-state index contributed by atoms with van der Waals surface area (Å²) in [6, 6.07) is 11.7. The fourth-order valence-electron chi connectivity index (χ4n) is 3.13. The average Bonchev–Trinajstić information content (AvgIpc) is 2.57. The number of methoxy groups -OCH3 is 1. The number of fused-ring (bicyclic) bond motifs is 2. The van der Waals surface area contributed by atoms with Crippen LogP contribution in [0.3, 0.4) is 0 Å². The van der Waals surface area contributed by atoms with E-state index in [2.05, 4.69) is 0 Å². The van der Waals surface area contributed by atoms with Gasteiger partial charge in [-0.2, -0.15) is 0 Å². The second kappa shape index (κ2) is 5.15. The molecular formula is C17H14ClNO4. The second-order valence-corrected chi connectivity index (χ2v) is 6.00. The molecular weight excluding hydrogens is 318 g/mol. The lowest BCUT2D eigenvalue weighted by atomic mass is 9.85. The Labute approximate surface area is 138 Å². The van der Waals surface area contributed by atoms with Crippen LogP contribution in [0.15, 0.2) is 42.5 Å². The third-order valence-corrected chi connectivity index (χ3v) is 4.54. The first kappa shape index (κ1) is 14.4. The lowest BCUT2D eigenvalue weighted by molar-refractivity contribution is -0.141. The minimum atomic E-state index is -0.845. The Kier molecular flexibility index (Phi) is 3.21. The van der Waals surface area contributed by atoms with Gasteiger partial charge in [-0.15, -0.1) is 0 Å². The van der Waals surface area contributed by atoms with Crippen molar-refractivity contribution in [3.63, 3.8) is 0 Å². The Hall–Kier alpha value is -2.24. The van der Waals surface area contributed by atoms with E-state index < -0.39 is 18.2 Å². The molecule has 1 saturated heterocycles. The van der Waals surface area contributed by atoms with Gasteiger partial charge in [-0.05, 0) is 42.5 Å². The lowest BCUT2D eigenvalue weighted by Crippen LogP contribution is -2.70. The third-order valence-electron chi connectivity index (χ3n) is 4.31. The highest BCUT2D eigenvalue weighted by molar-refractivity contribution is 6.30. The van der Waals surface area contributed by atoms with Crippen LogP contribution < -0.4 is 14.4 Å². The number of β-lactam (4-membered cyclic amide) rings is 1. The molecule has 0 aromatic heterocycles. The zero-order valence-corrected chi connectivity index (χ0v) is 13.0. The van der Waals surface area contributed by atoms with Gasteiger partial charge >= 0.3 is 0 Å². The van der Waals surface area contributed by atoms with Gasteiger partial charge in [-0.3, -0.25) is 9.69 Å². The highest BCUT2D eigenvalue weighted by Crippen LogP contribution is 2.45. The van der Waals surface area contributed by atoms with Gasteiger partial charge in [0.1, 0.15) is 23.6 Å². The number of halogens is 1. The number of carbonyl (C=O) groups is 1. The van der Waals surface area contributed by atoms with Gasteiger partial charge in [0.2, 0.25) is 6.10 Å². The number of aliphatic hydroxyl groups excluding tert-OH is 1. The van der Waals surface area contributed by atoms with Crippen molar-refractivity contribution in [2.75, 3.05) is 12.0 Å². The van der Waals surface area contributed by atoms with E-state index in [0.717, 1.165) is 0 Å². The molecule has 0 aliphatic carbocycles. The van der Waals surface area contributed by atoms with Crippen molar-refractivity contribution in [1.82, 2.24) is 0 Å². The molecule has 118 valence electrons. The van der Waals surface area contributed by atoms with Crippen molar-refractivity contribution in [3.05, 3.63) is 53.1 Å². The molecule has 0 bridgehead atoms. The normalized spacial score (nSPS) is 25.1. The van der Waals surface area contributed by atoms with Gasteiger partial charge in [-0.1, -0.05) is 11.6 Å². The van der Waals surface area contributed by atoms with Crippen LogP contribution in [-0.4, -0.2) is 30.3 Å². The molecule has 23 heavy (non-hydrogen) atoms. The second-order valence-electron chi connectivity index (χ2n) is 5.56. The lowest BCUT2D eigenvalue weighted by Gasteiger charge is -2.51. The Morgan fingerprint density at radius 2 is 1.96 bits per heavy atom. The summed E-state index contributed by atoms with van der Waals surface area (Å²) in [7, 11) is 1.58. The van der Waals surface area contributed by atoms with Crippen molar-refractivity contribution < 1.29 is 19.4 Å². The summed E-state index contributed by atoms with van der Waals surface area (Å²) in [5.41, 5.74) is 1.30. The zero-order chi connectivity index (χ0) is 16.1. The zero-order valence-electron chi connectivity index (χ0n) is 12.3. The number of carbonyl (C=O) groups excluding carboxylic acids is 1. The molecule has 2 aliphatic heterocycles. The molecule has 0 saturated carbocycles. The maximum absolute atomic E-state index is 12.4. The molecule has 0 unspecified atom stereocenters. The Balaban J connectivity index is 1.69. The highest BCUT2D eigenvalue weighted by Gasteiger charge is 2.56. The number of aliphatic hydroxyl groups is 1. The molecule has 1 fully saturated rings. The van der Waals surface area contributed by atoms with E-state index >= 15 is 0 Å². The fraction of sp³-hybridized carbons (Fsp3) is 0.235. The van der Waals surface area contributed by atoms with Crippen molar-refractivity contribution >= 4 is 23.2 Å². The predicted molar refractivity (Wildman–Crippen MR) is 85.1 cm³/mol. The number of nitrogens with zero attached hydrogens (tertiary/aromatic N) is 1. The van der Waals surface area contributed by atoms with Gasteiger partial charge in [0, 0.05) is 16.3 Å². The number of rotatable bonds is 2. The summed E-state index contributed by atoms with van der Waals surface area (Å²) < 4.78 is 10.9. The standard InChI is InChI=1S/C17H14ClNO4/c1-22-11-5-3-10(4-6-11)19-14-15(20)12-8-9(18)2-7-13(12)23-16(14)17(19)21/h2-8,14-16,20H,1H3/t14-,15-,16+/m1/s1. The molecule has 1 amide bonds. The minimum Gasteiger partial charge on any atom is -0.497 e. The predicted octanol–water partition coefficient (Wildman–Crippen LogP) is 2.56. The van der Waals surface area contributed by atoms with Crippen LogP contribution in [0.4, 0.5) is 5.69 Å². The number of anilines is 1. The summed E-state index contributed by atoms with van der Waals surface area (Å²) in [6.07, 6.45) is -1.51. The maximum Gasteiger partial charge on any atom is 0.270 e. The first-order chi connectivity index (χ1) is 11.1. The Bertz CT molecular complexity index is 777. The summed E-state index contributed by atoms with van der Waals surface area (Å²) in [5, 5.41) is 11.2. The van der Waals surface area contributed by atoms with E-state index in [9.17, 15) is 9.90 Å². The number of hydrogen-bond acceptors (Lipinski definition) is 4. The van der Waals surface area contributed by atoms with Crippen LogP contribution in [0, 0.1) is 0 Å². The van der Waals surface area contributed by atoms with E-state index in [1.54, 1.807) is 54.5 Å². The van der Waals surface area contributed by atoms with Crippen LogP contribution >= 0.6 is 11.6 Å². The Morgan fingerprint density at radius 3 is 2.65 bits per heavy atom. The van der Waals surface area contributed by atoms with Crippen LogP contribution in [0.5, 0.6) is 11.5 Å². The van der Waals surface area contributed by atoms with Crippen molar-refractivity contribution in [2.24, 2.45) is 0 Å². The third kappa shape index (κ3) is 2.08. The minimum absolute atomic E-state index is 0.167. The van der Waals surface area contributed by atoms with Crippen molar-refractivity contribution in [1.29, 1.82) is 0 Å². The number of amides is 1. The molecule has 4 rings (SSSR count). The molecule has 2 aromatic rings. The maximum atomic E-state index is 12.4. The number of ether oxygens (including phenoxy) is 2. The van der Waals surface area contributed by atoms with Gasteiger partial charge in [0.15, 0.2) is 0 Å². The van der Waals surface area contributed by atoms with E-state index in [1.165, 1.54) is 0 Å². The van der Waals surface area contributed by atoms with E-state index in [4.69, 9.17) is 21.1 Å². The largest absolute Gasteiger partial charge is 0.497 e. The van der Waals surface area contributed by atoms with E-state index in [0.29, 0.717) is 27.8 Å². The molecule has 3 atom stereocenters. The summed E-state index contributed by atoms with van der Waals surface area (Å²) in [6.45, 7) is 0. The van der Waals surface area contributed by atoms with Crippen LogP contribution in [0.2, 0.25) is 5.02 Å².